The number of benzene rings is 9. The summed E-state index contributed by atoms with van der Waals surface area (Å²) in [6.07, 6.45) is 0. The minimum atomic E-state index is -0.160. The van der Waals surface area contributed by atoms with Gasteiger partial charge in [0.1, 0.15) is 0 Å². The Hall–Kier alpha value is -5.98. The number of hydrogen-bond acceptors (Lipinski definition) is 0. The number of hydrogen-bond donors (Lipinski definition) is 0. The van der Waals surface area contributed by atoms with Crippen LogP contribution in [0.5, 0.6) is 0 Å². The summed E-state index contributed by atoms with van der Waals surface area (Å²) in [5.74, 6) is 0. The van der Waals surface area contributed by atoms with Crippen molar-refractivity contribution >= 4 is 43.1 Å². The van der Waals surface area contributed by atoms with Crippen LogP contribution in [0, 0.1) is 0 Å². The molecule has 0 heterocycles. The lowest BCUT2D eigenvalue weighted by atomic mass is 9.76. The molecule has 0 heteroatoms. The summed E-state index contributed by atoms with van der Waals surface area (Å²) >= 11 is 0. The Balaban J connectivity index is 1.31. The van der Waals surface area contributed by atoms with Crippen molar-refractivity contribution in [2.75, 3.05) is 0 Å². The highest BCUT2D eigenvalue weighted by Gasteiger charge is 2.39. The monoisotopic (exact) mass is 622 g/mol. The first-order valence-electron chi connectivity index (χ1n) is 17.3. The molecule has 1 aliphatic carbocycles. The molecule has 49 heavy (non-hydrogen) atoms. The van der Waals surface area contributed by atoms with Crippen molar-refractivity contribution < 1.29 is 0 Å². The lowest BCUT2D eigenvalue weighted by Crippen LogP contribution is -2.16. The minimum absolute atomic E-state index is 0.160. The molecule has 9 aromatic carbocycles. The molecule has 10 rings (SSSR count). The third kappa shape index (κ3) is 3.98. The summed E-state index contributed by atoms with van der Waals surface area (Å²) in [7, 11) is 0. The van der Waals surface area contributed by atoms with E-state index in [-0.39, 0.29) is 5.41 Å². The molecular weight excluding hydrogens is 589 g/mol. The average molecular weight is 623 g/mol. The summed E-state index contributed by atoms with van der Waals surface area (Å²) in [5, 5.41) is 10.3. The topological polar surface area (TPSA) is 0 Å². The molecule has 0 nitrogen and oxygen atoms in total. The van der Waals surface area contributed by atoms with Crippen molar-refractivity contribution in [1.29, 1.82) is 0 Å². The van der Waals surface area contributed by atoms with Crippen LogP contribution in [0.4, 0.5) is 0 Å². The van der Waals surface area contributed by atoms with E-state index in [1.54, 1.807) is 0 Å². The normalized spacial score (nSPS) is 13.3. The minimum Gasteiger partial charge on any atom is -0.0616 e. The Kier molecular flexibility index (Phi) is 6.02. The van der Waals surface area contributed by atoms with E-state index < -0.39 is 0 Å². The second-order valence-electron chi connectivity index (χ2n) is 14.0. The van der Waals surface area contributed by atoms with Gasteiger partial charge >= 0.3 is 0 Å². The van der Waals surface area contributed by atoms with Gasteiger partial charge in [0.15, 0.2) is 0 Å². The highest BCUT2D eigenvalue weighted by Crippen LogP contribution is 2.56. The summed E-state index contributed by atoms with van der Waals surface area (Å²) in [6, 6.07) is 63.0. The third-order valence-corrected chi connectivity index (χ3v) is 11.0. The fourth-order valence-corrected chi connectivity index (χ4v) is 8.96. The molecule has 9 aromatic rings. The first-order chi connectivity index (χ1) is 24.1. The molecule has 1 aliphatic rings. The number of rotatable bonds is 3. The van der Waals surface area contributed by atoms with E-state index >= 15 is 0 Å². The molecule has 0 aliphatic heterocycles. The Morgan fingerprint density at radius 3 is 1.35 bits per heavy atom. The van der Waals surface area contributed by atoms with Crippen molar-refractivity contribution in [2.45, 2.75) is 19.3 Å². The van der Waals surface area contributed by atoms with Gasteiger partial charge in [0.25, 0.3) is 0 Å². The first kappa shape index (κ1) is 28.1. The quantitative estimate of drug-likeness (QED) is 0.172. The van der Waals surface area contributed by atoms with Gasteiger partial charge in [0.05, 0.1) is 0 Å². The molecule has 0 fully saturated rings. The van der Waals surface area contributed by atoms with Crippen LogP contribution < -0.4 is 0 Å². The van der Waals surface area contributed by atoms with Gasteiger partial charge in [0.2, 0.25) is 0 Å². The van der Waals surface area contributed by atoms with Crippen molar-refractivity contribution in [3.63, 3.8) is 0 Å². The maximum absolute atomic E-state index is 2.41. The summed E-state index contributed by atoms with van der Waals surface area (Å²) < 4.78 is 0. The van der Waals surface area contributed by atoms with Crippen LogP contribution in [0.2, 0.25) is 0 Å². The van der Waals surface area contributed by atoms with Crippen molar-refractivity contribution in [3.8, 4) is 44.5 Å². The van der Waals surface area contributed by atoms with E-state index in [1.165, 1.54) is 98.7 Å². The molecule has 0 saturated carbocycles. The predicted octanol–water partition coefficient (Wildman–Crippen LogP) is 13.6. The van der Waals surface area contributed by atoms with Crippen LogP contribution in [0.25, 0.3) is 87.6 Å². The van der Waals surface area contributed by atoms with Gasteiger partial charge in [-0.25, -0.2) is 0 Å². The van der Waals surface area contributed by atoms with E-state index in [1.807, 2.05) is 0 Å². The second-order valence-corrected chi connectivity index (χ2v) is 14.0. The summed E-state index contributed by atoms with van der Waals surface area (Å²) in [6.45, 7) is 4.82. The third-order valence-electron chi connectivity index (χ3n) is 11.0. The fraction of sp³-hybridized carbons (Fsp3) is 0.0612. The molecule has 230 valence electrons. The lowest BCUT2D eigenvalue weighted by Gasteiger charge is -2.26. The second kappa shape index (κ2) is 10.5. The van der Waals surface area contributed by atoms with Gasteiger partial charge in [-0.3, -0.25) is 0 Å². The zero-order chi connectivity index (χ0) is 32.7. The SMILES string of the molecule is CC1(C)c2ccc3ccccc3c2-c2cccc(-c3c4ccccc4c(-c4ccccc4-c4cccc5ccccc45)c4ccccc34)c21. The van der Waals surface area contributed by atoms with Crippen LogP contribution in [-0.2, 0) is 5.41 Å². The molecule has 0 aromatic heterocycles. The van der Waals surface area contributed by atoms with Gasteiger partial charge in [0, 0.05) is 5.41 Å². The molecule has 0 unspecified atom stereocenters. The Morgan fingerprint density at radius 1 is 0.286 bits per heavy atom. The molecule has 0 radical (unpaired) electrons. The Bertz CT molecular complexity index is 2730. The largest absolute Gasteiger partial charge is 0.0616 e. The van der Waals surface area contributed by atoms with Gasteiger partial charge in [-0.05, 0) is 98.7 Å². The van der Waals surface area contributed by atoms with E-state index in [4.69, 9.17) is 0 Å². The molecule has 0 saturated heterocycles. The van der Waals surface area contributed by atoms with Crippen LogP contribution in [0.15, 0.2) is 170 Å². The predicted molar refractivity (Wildman–Crippen MR) is 210 cm³/mol. The highest BCUT2D eigenvalue weighted by molar-refractivity contribution is 6.23. The maximum Gasteiger partial charge on any atom is 0.0165 e. The number of fused-ring (bicyclic) bond motifs is 8. The summed E-state index contributed by atoms with van der Waals surface area (Å²) in [5.41, 5.74) is 13.1. The van der Waals surface area contributed by atoms with Crippen molar-refractivity contribution in [1.82, 2.24) is 0 Å². The maximum atomic E-state index is 2.41. The molecule has 0 N–H and O–H groups in total. The average Bonchev–Trinajstić information content (AvgIpc) is 3.40. The van der Waals surface area contributed by atoms with Crippen molar-refractivity contribution in [3.05, 3.63) is 181 Å². The van der Waals surface area contributed by atoms with Gasteiger partial charge in [-0.2, -0.15) is 0 Å². The van der Waals surface area contributed by atoms with E-state index in [0.717, 1.165) is 0 Å². The molecule has 0 bridgehead atoms. The van der Waals surface area contributed by atoms with Crippen molar-refractivity contribution in [2.24, 2.45) is 0 Å². The standard InChI is InChI=1S/C49H34/c1-49(2)44-30-29-32-16-4-6-19-34(32)47(44)43-28-14-27-42(48(43)49)46-40-24-11-9-22-38(40)45(39-23-10-12-25-41(39)46)37-21-8-7-20-36(37)35-26-13-17-31-15-3-5-18-33(31)35/h3-30H,1-2H3. The van der Waals surface area contributed by atoms with Gasteiger partial charge < -0.3 is 0 Å². The molecule has 0 amide bonds. The van der Waals surface area contributed by atoms with Gasteiger partial charge in [-0.1, -0.05) is 184 Å². The molecule has 0 spiro atoms. The zero-order valence-corrected chi connectivity index (χ0v) is 27.7. The summed E-state index contributed by atoms with van der Waals surface area (Å²) in [4.78, 5) is 0. The van der Waals surface area contributed by atoms with E-state index in [9.17, 15) is 0 Å². The van der Waals surface area contributed by atoms with Crippen LogP contribution in [-0.4, -0.2) is 0 Å². The van der Waals surface area contributed by atoms with Crippen LogP contribution >= 0.6 is 0 Å². The fourth-order valence-electron chi connectivity index (χ4n) is 8.96. The van der Waals surface area contributed by atoms with Crippen LogP contribution in [0.1, 0.15) is 25.0 Å². The van der Waals surface area contributed by atoms with E-state index in [2.05, 4.69) is 184 Å². The zero-order valence-electron chi connectivity index (χ0n) is 27.7. The lowest BCUT2D eigenvalue weighted by molar-refractivity contribution is 0.663. The molecule has 0 atom stereocenters. The Morgan fingerprint density at radius 2 is 0.694 bits per heavy atom. The van der Waals surface area contributed by atoms with Gasteiger partial charge in [-0.15, -0.1) is 0 Å². The highest BCUT2D eigenvalue weighted by atomic mass is 14.4. The molecular formula is C49H34. The van der Waals surface area contributed by atoms with E-state index in [0.29, 0.717) is 0 Å². The Labute approximate surface area is 286 Å². The smallest absolute Gasteiger partial charge is 0.0165 e. The van der Waals surface area contributed by atoms with Crippen LogP contribution in [0.3, 0.4) is 0 Å². The first-order valence-corrected chi connectivity index (χ1v) is 17.3.